The number of fused-ring (bicyclic) bond motifs is 1. The highest BCUT2D eigenvalue weighted by Crippen LogP contribution is 2.22. The van der Waals surface area contributed by atoms with Gasteiger partial charge in [0.05, 0.1) is 18.3 Å². The number of hydrogen-bond donors (Lipinski definition) is 2. The molecule has 0 saturated carbocycles. The number of carbonyl (C=O) groups is 1. The van der Waals surface area contributed by atoms with E-state index in [2.05, 4.69) is 10.3 Å². The Morgan fingerprint density at radius 1 is 1.17 bits per heavy atom. The smallest absolute Gasteiger partial charge is 0.290 e. The molecule has 1 aromatic heterocycles. The van der Waals surface area contributed by atoms with Crippen LogP contribution < -0.4 is 5.32 Å². The van der Waals surface area contributed by atoms with Crippen molar-refractivity contribution in [3.8, 4) is 5.75 Å². The lowest BCUT2D eigenvalue weighted by Crippen LogP contribution is -2.15. The molecule has 2 N–H and O–H groups in total. The van der Waals surface area contributed by atoms with Gasteiger partial charge in [0, 0.05) is 11.6 Å². The van der Waals surface area contributed by atoms with Crippen LogP contribution in [0.25, 0.3) is 17.0 Å². The van der Waals surface area contributed by atoms with Gasteiger partial charge in [-0.05, 0) is 35.9 Å². The maximum Gasteiger partial charge on any atom is 0.290 e. The Labute approximate surface area is 139 Å². The fourth-order valence-corrected chi connectivity index (χ4v) is 2.37. The van der Waals surface area contributed by atoms with Crippen molar-refractivity contribution in [1.82, 2.24) is 4.98 Å². The number of phenolic OH excluding ortho intramolecular Hbond substituents is 1. The van der Waals surface area contributed by atoms with Crippen LogP contribution in [0.5, 0.6) is 5.75 Å². The Bertz CT molecular complexity index is 914. The minimum Gasteiger partial charge on any atom is -0.508 e. The summed E-state index contributed by atoms with van der Waals surface area (Å²) in [6, 6.07) is 15.9. The van der Waals surface area contributed by atoms with Gasteiger partial charge in [-0.25, -0.2) is 0 Å². The Morgan fingerprint density at radius 2 is 2.00 bits per heavy atom. The van der Waals surface area contributed by atoms with Crippen LogP contribution >= 0.6 is 0 Å². The third-order valence-electron chi connectivity index (χ3n) is 3.51. The average Bonchev–Trinajstić information content (AvgIpc) is 2.60. The van der Waals surface area contributed by atoms with Gasteiger partial charge in [-0.1, -0.05) is 30.3 Å². The second kappa shape index (κ2) is 6.83. The van der Waals surface area contributed by atoms with Gasteiger partial charge < -0.3 is 15.2 Å². The zero-order valence-corrected chi connectivity index (χ0v) is 13.1. The number of aromatic nitrogens is 1. The van der Waals surface area contributed by atoms with Crippen LogP contribution in [-0.4, -0.2) is 23.1 Å². The SMILES string of the molecule is COC(=Cc1cccc(O)c1)C(=O)Nc1ccnc2ccccc12. The number of pyridine rings is 1. The van der Waals surface area contributed by atoms with Crippen molar-refractivity contribution in [3.05, 3.63) is 72.1 Å². The van der Waals surface area contributed by atoms with E-state index < -0.39 is 0 Å². The number of ether oxygens (including phenoxy) is 1. The molecular weight excluding hydrogens is 304 g/mol. The quantitative estimate of drug-likeness (QED) is 0.569. The molecule has 1 amide bonds. The highest BCUT2D eigenvalue weighted by atomic mass is 16.5. The van der Waals surface area contributed by atoms with Gasteiger partial charge in [0.15, 0.2) is 5.76 Å². The molecule has 0 aliphatic heterocycles. The molecule has 0 fully saturated rings. The van der Waals surface area contributed by atoms with Gasteiger partial charge in [-0.15, -0.1) is 0 Å². The van der Waals surface area contributed by atoms with Crippen LogP contribution in [0.3, 0.4) is 0 Å². The number of nitrogens with zero attached hydrogens (tertiary/aromatic N) is 1. The van der Waals surface area contributed by atoms with Gasteiger partial charge in [-0.3, -0.25) is 9.78 Å². The normalized spacial score (nSPS) is 11.3. The lowest BCUT2D eigenvalue weighted by Gasteiger charge is -2.10. The number of rotatable bonds is 4. The monoisotopic (exact) mass is 320 g/mol. The summed E-state index contributed by atoms with van der Waals surface area (Å²) in [5.74, 6) is -0.113. The van der Waals surface area contributed by atoms with Crippen molar-refractivity contribution in [1.29, 1.82) is 0 Å². The summed E-state index contributed by atoms with van der Waals surface area (Å²) in [5.41, 5.74) is 2.12. The van der Waals surface area contributed by atoms with E-state index in [1.54, 1.807) is 42.6 Å². The van der Waals surface area contributed by atoms with E-state index in [1.807, 2.05) is 24.3 Å². The third kappa shape index (κ3) is 3.35. The van der Waals surface area contributed by atoms with Crippen molar-refractivity contribution in [2.75, 3.05) is 12.4 Å². The Morgan fingerprint density at radius 3 is 2.79 bits per heavy atom. The van der Waals surface area contributed by atoms with Crippen molar-refractivity contribution in [2.24, 2.45) is 0 Å². The largest absolute Gasteiger partial charge is 0.508 e. The van der Waals surface area contributed by atoms with Crippen molar-refractivity contribution >= 4 is 28.6 Å². The van der Waals surface area contributed by atoms with Crippen LogP contribution in [0.2, 0.25) is 0 Å². The molecule has 0 aliphatic carbocycles. The molecule has 5 heteroatoms. The third-order valence-corrected chi connectivity index (χ3v) is 3.51. The molecule has 5 nitrogen and oxygen atoms in total. The lowest BCUT2D eigenvalue weighted by molar-refractivity contribution is -0.115. The molecule has 3 aromatic rings. The number of amides is 1. The molecule has 0 aliphatic rings. The van der Waals surface area contributed by atoms with E-state index >= 15 is 0 Å². The number of nitrogens with one attached hydrogen (secondary N) is 1. The molecule has 0 spiro atoms. The molecule has 3 rings (SSSR count). The average molecular weight is 320 g/mol. The predicted molar refractivity (Wildman–Crippen MR) is 93.5 cm³/mol. The first-order valence-corrected chi connectivity index (χ1v) is 7.37. The number of para-hydroxylation sites is 1. The van der Waals surface area contributed by atoms with Crippen LogP contribution in [0.1, 0.15) is 5.56 Å². The fourth-order valence-electron chi connectivity index (χ4n) is 2.37. The summed E-state index contributed by atoms with van der Waals surface area (Å²) in [6.07, 6.45) is 3.21. The molecule has 120 valence electrons. The van der Waals surface area contributed by atoms with E-state index in [4.69, 9.17) is 4.74 Å². The Balaban J connectivity index is 1.89. The zero-order valence-electron chi connectivity index (χ0n) is 13.1. The van der Waals surface area contributed by atoms with Gasteiger partial charge >= 0.3 is 0 Å². The molecule has 24 heavy (non-hydrogen) atoms. The maximum atomic E-state index is 12.5. The predicted octanol–water partition coefficient (Wildman–Crippen LogP) is 3.57. The van der Waals surface area contributed by atoms with Crippen LogP contribution in [0.15, 0.2) is 66.6 Å². The molecular formula is C19H16N2O3. The molecule has 2 aromatic carbocycles. The number of anilines is 1. The first kappa shape index (κ1) is 15.6. The minimum atomic E-state index is -0.378. The topological polar surface area (TPSA) is 71.5 Å². The van der Waals surface area contributed by atoms with Crippen molar-refractivity contribution < 1.29 is 14.6 Å². The summed E-state index contributed by atoms with van der Waals surface area (Å²) in [6.45, 7) is 0. The highest BCUT2D eigenvalue weighted by Gasteiger charge is 2.12. The van der Waals surface area contributed by atoms with Crippen LogP contribution in [-0.2, 0) is 9.53 Å². The maximum absolute atomic E-state index is 12.5. The molecule has 0 radical (unpaired) electrons. The fraction of sp³-hybridized carbons (Fsp3) is 0.0526. The van der Waals surface area contributed by atoms with E-state index in [-0.39, 0.29) is 17.4 Å². The Hall–Kier alpha value is -3.34. The van der Waals surface area contributed by atoms with Crippen LogP contribution in [0.4, 0.5) is 5.69 Å². The number of carbonyl (C=O) groups excluding carboxylic acids is 1. The second-order valence-electron chi connectivity index (χ2n) is 5.14. The molecule has 0 unspecified atom stereocenters. The van der Waals surface area contributed by atoms with Gasteiger partial charge in [0.25, 0.3) is 5.91 Å². The molecule has 0 atom stereocenters. The van der Waals surface area contributed by atoms with E-state index in [1.165, 1.54) is 7.11 Å². The molecule has 0 bridgehead atoms. The number of methoxy groups -OCH3 is 1. The number of benzene rings is 2. The standard InChI is InChI=1S/C19H16N2O3/c1-24-18(12-13-5-4-6-14(22)11-13)19(23)21-17-9-10-20-16-8-3-2-7-15(16)17/h2-12,22H,1H3,(H,20,21,23). The van der Waals surface area contributed by atoms with E-state index in [9.17, 15) is 9.90 Å². The summed E-state index contributed by atoms with van der Waals surface area (Å²) in [5, 5.41) is 13.2. The number of phenols is 1. The summed E-state index contributed by atoms with van der Waals surface area (Å²) < 4.78 is 5.19. The number of aromatic hydroxyl groups is 1. The van der Waals surface area contributed by atoms with Crippen molar-refractivity contribution in [3.63, 3.8) is 0 Å². The number of hydrogen-bond acceptors (Lipinski definition) is 4. The first-order valence-electron chi connectivity index (χ1n) is 7.37. The van der Waals surface area contributed by atoms with Crippen LogP contribution in [0, 0.1) is 0 Å². The first-order chi connectivity index (χ1) is 11.7. The van der Waals surface area contributed by atoms with Gasteiger partial charge in [-0.2, -0.15) is 0 Å². The summed E-state index contributed by atoms with van der Waals surface area (Å²) >= 11 is 0. The van der Waals surface area contributed by atoms with Gasteiger partial charge in [0.2, 0.25) is 0 Å². The summed E-state index contributed by atoms with van der Waals surface area (Å²) in [7, 11) is 1.43. The Kier molecular flexibility index (Phi) is 4.43. The second-order valence-corrected chi connectivity index (χ2v) is 5.14. The van der Waals surface area contributed by atoms with Gasteiger partial charge in [0.1, 0.15) is 5.75 Å². The lowest BCUT2D eigenvalue weighted by atomic mass is 10.1. The summed E-state index contributed by atoms with van der Waals surface area (Å²) in [4.78, 5) is 16.8. The zero-order chi connectivity index (χ0) is 16.9. The minimum absolute atomic E-state index is 0.125. The van der Waals surface area contributed by atoms with E-state index in [0.717, 1.165) is 10.9 Å². The van der Waals surface area contributed by atoms with Crippen molar-refractivity contribution in [2.45, 2.75) is 0 Å². The van der Waals surface area contributed by atoms with E-state index in [0.29, 0.717) is 11.3 Å². The molecule has 1 heterocycles. The highest BCUT2D eigenvalue weighted by molar-refractivity contribution is 6.09. The molecule has 0 saturated heterocycles.